The second kappa shape index (κ2) is 5.66. The first-order valence-corrected chi connectivity index (χ1v) is 8.11. The number of carbonyl (C=O) groups excluding carboxylic acids is 1. The molecule has 1 saturated heterocycles. The van der Waals surface area contributed by atoms with Crippen molar-refractivity contribution in [3.63, 3.8) is 0 Å². The molecule has 1 aliphatic carbocycles. The molecule has 1 aromatic carbocycles. The Bertz CT molecular complexity index is 472. The summed E-state index contributed by atoms with van der Waals surface area (Å²) in [6, 6.07) is 8.28. The molecule has 2 atom stereocenters. The summed E-state index contributed by atoms with van der Waals surface area (Å²) in [5, 5.41) is 0. The fraction of sp³-hybridized carbons (Fsp3) is 0.562. The number of rotatable bonds is 1. The van der Waals surface area contributed by atoms with Gasteiger partial charge in [-0.1, -0.05) is 34.8 Å². The van der Waals surface area contributed by atoms with Gasteiger partial charge in [-0.3, -0.25) is 4.79 Å². The molecule has 0 spiro atoms. The van der Waals surface area contributed by atoms with E-state index in [-0.39, 0.29) is 5.91 Å². The van der Waals surface area contributed by atoms with Crippen molar-refractivity contribution < 1.29 is 4.79 Å². The minimum atomic E-state index is 0.220. The number of piperidine rings is 1. The zero-order valence-corrected chi connectivity index (χ0v) is 12.7. The summed E-state index contributed by atoms with van der Waals surface area (Å²) < 4.78 is 0.982. The summed E-state index contributed by atoms with van der Waals surface area (Å²) in [5.41, 5.74) is 0.820. The number of benzene rings is 1. The molecule has 0 radical (unpaired) electrons. The predicted octanol–water partition coefficient (Wildman–Crippen LogP) is 4.24. The molecule has 2 aliphatic rings. The van der Waals surface area contributed by atoms with Gasteiger partial charge in [0, 0.05) is 22.6 Å². The molecule has 1 heterocycles. The predicted molar refractivity (Wildman–Crippen MR) is 80.2 cm³/mol. The zero-order valence-electron chi connectivity index (χ0n) is 11.1. The highest BCUT2D eigenvalue weighted by Gasteiger charge is 2.35. The average Bonchev–Trinajstić information content (AvgIpc) is 2.46. The number of fused-ring (bicyclic) bond motifs is 1. The summed E-state index contributed by atoms with van der Waals surface area (Å²) in [6.07, 6.45) is 7.62. The van der Waals surface area contributed by atoms with Crippen LogP contribution in [0.1, 0.15) is 48.9 Å². The number of nitrogens with zero attached hydrogens (tertiary/aromatic N) is 1. The lowest BCUT2D eigenvalue weighted by Gasteiger charge is -2.44. The average molecular weight is 322 g/mol. The highest BCUT2D eigenvalue weighted by Crippen LogP contribution is 2.36. The van der Waals surface area contributed by atoms with Crippen LogP contribution in [0.15, 0.2) is 28.7 Å². The van der Waals surface area contributed by atoms with E-state index in [9.17, 15) is 4.79 Å². The SMILES string of the molecule is O=C(c1cccc(Br)c1)N1CCCC2CCCCC21. The van der Waals surface area contributed by atoms with Crippen molar-refractivity contribution >= 4 is 21.8 Å². The molecule has 1 amide bonds. The first-order valence-electron chi connectivity index (χ1n) is 7.32. The first kappa shape index (κ1) is 13.2. The third-order valence-electron chi connectivity index (χ3n) is 4.58. The Morgan fingerprint density at radius 3 is 2.79 bits per heavy atom. The topological polar surface area (TPSA) is 20.3 Å². The molecule has 0 bridgehead atoms. The molecule has 1 aromatic rings. The van der Waals surface area contributed by atoms with Crippen molar-refractivity contribution in [1.82, 2.24) is 4.90 Å². The number of likely N-dealkylation sites (tertiary alicyclic amines) is 1. The lowest BCUT2D eigenvalue weighted by atomic mass is 9.78. The lowest BCUT2D eigenvalue weighted by Crippen LogP contribution is -2.49. The Morgan fingerprint density at radius 2 is 1.95 bits per heavy atom. The molecule has 3 rings (SSSR count). The fourth-order valence-corrected chi connectivity index (χ4v) is 4.06. The molecule has 0 aromatic heterocycles. The molecule has 2 unspecified atom stereocenters. The Hall–Kier alpha value is -0.830. The fourth-order valence-electron chi connectivity index (χ4n) is 3.66. The lowest BCUT2D eigenvalue weighted by molar-refractivity contribution is 0.0390. The molecule has 0 N–H and O–H groups in total. The van der Waals surface area contributed by atoms with Gasteiger partial charge in [0.2, 0.25) is 0 Å². The van der Waals surface area contributed by atoms with E-state index in [2.05, 4.69) is 20.8 Å². The van der Waals surface area contributed by atoms with E-state index in [0.717, 1.165) is 22.5 Å². The van der Waals surface area contributed by atoms with Crippen LogP contribution >= 0.6 is 15.9 Å². The van der Waals surface area contributed by atoms with Gasteiger partial charge in [-0.2, -0.15) is 0 Å². The minimum Gasteiger partial charge on any atom is -0.335 e. The second-order valence-electron chi connectivity index (χ2n) is 5.76. The second-order valence-corrected chi connectivity index (χ2v) is 6.68. The zero-order chi connectivity index (χ0) is 13.2. The summed E-state index contributed by atoms with van der Waals surface area (Å²) in [7, 11) is 0. The van der Waals surface area contributed by atoms with Crippen molar-refractivity contribution in [1.29, 1.82) is 0 Å². The first-order chi connectivity index (χ1) is 9.25. The molecule has 2 fully saturated rings. The number of hydrogen-bond donors (Lipinski definition) is 0. The van der Waals surface area contributed by atoms with Crippen LogP contribution in [0.2, 0.25) is 0 Å². The van der Waals surface area contributed by atoms with Crippen molar-refractivity contribution in [2.24, 2.45) is 5.92 Å². The summed E-state index contributed by atoms with van der Waals surface area (Å²) >= 11 is 3.45. The quantitative estimate of drug-likeness (QED) is 0.757. The van der Waals surface area contributed by atoms with Gasteiger partial charge in [0.1, 0.15) is 0 Å². The third kappa shape index (κ3) is 2.71. The number of halogens is 1. The van der Waals surface area contributed by atoms with Crippen LogP contribution in [0.3, 0.4) is 0 Å². The van der Waals surface area contributed by atoms with Crippen LogP contribution in [-0.4, -0.2) is 23.4 Å². The summed E-state index contributed by atoms with van der Waals surface area (Å²) in [4.78, 5) is 14.9. The normalized spacial score (nSPS) is 26.9. The maximum Gasteiger partial charge on any atom is 0.254 e. The third-order valence-corrected chi connectivity index (χ3v) is 5.07. The maximum atomic E-state index is 12.7. The van der Waals surface area contributed by atoms with E-state index >= 15 is 0 Å². The van der Waals surface area contributed by atoms with Crippen LogP contribution in [0.4, 0.5) is 0 Å². The van der Waals surface area contributed by atoms with Gasteiger partial charge in [-0.15, -0.1) is 0 Å². The van der Waals surface area contributed by atoms with Crippen LogP contribution < -0.4 is 0 Å². The van der Waals surface area contributed by atoms with Gasteiger partial charge in [0.25, 0.3) is 5.91 Å². The minimum absolute atomic E-state index is 0.220. The molecule has 1 saturated carbocycles. The molecule has 102 valence electrons. The highest BCUT2D eigenvalue weighted by atomic mass is 79.9. The summed E-state index contributed by atoms with van der Waals surface area (Å²) in [6.45, 7) is 0.937. The van der Waals surface area contributed by atoms with Gasteiger partial charge in [0.05, 0.1) is 0 Å². The monoisotopic (exact) mass is 321 g/mol. The van der Waals surface area contributed by atoms with E-state index in [1.807, 2.05) is 24.3 Å². The standard InChI is InChI=1S/C16H20BrNO/c17-14-8-3-6-13(11-14)16(19)18-10-4-7-12-5-1-2-9-15(12)18/h3,6,8,11-12,15H,1-2,4-5,7,9-10H2. The van der Waals surface area contributed by atoms with Crippen molar-refractivity contribution in [2.75, 3.05) is 6.54 Å². The largest absolute Gasteiger partial charge is 0.335 e. The smallest absolute Gasteiger partial charge is 0.254 e. The molecular formula is C16H20BrNO. The Kier molecular flexibility index (Phi) is 3.92. The summed E-state index contributed by atoms with van der Waals surface area (Å²) in [5.74, 6) is 0.969. The number of carbonyl (C=O) groups is 1. The van der Waals surface area contributed by atoms with Gasteiger partial charge >= 0.3 is 0 Å². The maximum absolute atomic E-state index is 12.7. The van der Waals surface area contributed by atoms with E-state index in [0.29, 0.717) is 6.04 Å². The molecule has 3 heteroatoms. The van der Waals surface area contributed by atoms with Crippen molar-refractivity contribution in [3.8, 4) is 0 Å². The van der Waals surface area contributed by atoms with Crippen LogP contribution in [0.5, 0.6) is 0 Å². The molecule has 19 heavy (non-hydrogen) atoms. The van der Waals surface area contributed by atoms with Gasteiger partial charge in [0.15, 0.2) is 0 Å². The molecular weight excluding hydrogens is 302 g/mol. The van der Waals surface area contributed by atoms with Crippen molar-refractivity contribution in [2.45, 2.75) is 44.6 Å². The van der Waals surface area contributed by atoms with E-state index in [4.69, 9.17) is 0 Å². The van der Waals surface area contributed by atoms with Crippen LogP contribution in [-0.2, 0) is 0 Å². The Balaban J connectivity index is 1.82. The van der Waals surface area contributed by atoms with E-state index in [1.165, 1.54) is 38.5 Å². The van der Waals surface area contributed by atoms with E-state index < -0.39 is 0 Å². The van der Waals surface area contributed by atoms with Gasteiger partial charge in [-0.05, 0) is 49.8 Å². The number of amides is 1. The van der Waals surface area contributed by atoms with Crippen molar-refractivity contribution in [3.05, 3.63) is 34.3 Å². The van der Waals surface area contributed by atoms with Crippen LogP contribution in [0, 0.1) is 5.92 Å². The van der Waals surface area contributed by atoms with Gasteiger partial charge < -0.3 is 4.90 Å². The Labute approximate surface area is 123 Å². The number of hydrogen-bond acceptors (Lipinski definition) is 1. The van der Waals surface area contributed by atoms with Gasteiger partial charge in [-0.25, -0.2) is 0 Å². The van der Waals surface area contributed by atoms with E-state index in [1.54, 1.807) is 0 Å². The molecule has 2 nitrogen and oxygen atoms in total. The molecule has 1 aliphatic heterocycles. The Morgan fingerprint density at radius 1 is 1.16 bits per heavy atom. The highest BCUT2D eigenvalue weighted by molar-refractivity contribution is 9.10. The van der Waals surface area contributed by atoms with Crippen LogP contribution in [0.25, 0.3) is 0 Å².